The average Bonchev–Trinajstić information content (AvgIpc) is 2.89. The predicted octanol–water partition coefficient (Wildman–Crippen LogP) is 2.57. The Kier molecular flexibility index (Phi) is 2.97. The largest absolute Gasteiger partial charge is 0.465 e. The van der Waals surface area contributed by atoms with E-state index in [2.05, 4.69) is 19.2 Å². The van der Waals surface area contributed by atoms with Crippen LogP contribution < -0.4 is 11.1 Å². The van der Waals surface area contributed by atoms with Gasteiger partial charge in [0.1, 0.15) is 0 Å². The maximum atomic E-state index is 11.6. The van der Waals surface area contributed by atoms with E-state index in [0.717, 1.165) is 17.7 Å². The molecule has 0 bridgehead atoms. The molecule has 1 aliphatic carbocycles. The summed E-state index contributed by atoms with van der Waals surface area (Å²) in [6, 6.07) is 4.20. The molecule has 0 amide bonds. The fraction of sp³-hybridized carbons (Fsp3) is 0.500. The smallest absolute Gasteiger partial charge is 0.340 e. The number of nitrogens with two attached hydrogens (primary N) is 1. The second kappa shape index (κ2) is 4.19. The predicted molar refractivity (Wildman–Crippen MR) is 72.7 cm³/mol. The number of nitrogens with one attached hydrogen (secondary N) is 1. The number of ether oxygens (including phenoxy) is 1. The molecule has 1 aromatic carbocycles. The molecule has 0 heterocycles. The summed E-state index contributed by atoms with van der Waals surface area (Å²) in [4.78, 5) is 11.6. The van der Waals surface area contributed by atoms with Gasteiger partial charge in [-0.05, 0) is 36.5 Å². The first-order valence-corrected chi connectivity index (χ1v) is 6.10. The summed E-state index contributed by atoms with van der Waals surface area (Å²) in [6.45, 7) is 6.33. The molecule has 0 aliphatic heterocycles. The van der Waals surface area contributed by atoms with Gasteiger partial charge >= 0.3 is 5.97 Å². The molecule has 4 nitrogen and oxygen atoms in total. The van der Waals surface area contributed by atoms with Gasteiger partial charge in [0, 0.05) is 17.4 Å². The molecule has 1 aromatic rings. The Morgan fingerprint density at radius 1 is 1.50 bits per heavy atom. The zero-order valence-corrected chi connectivity index (χ0v) is 11.3. The zero-order valence-electron chi connectivity index (χ0n) is 11.3. The van der Waals surface area contributed by atoms with Crippen LogP contribution in [-0.4, -0.2) is 19.1 Å². The minimum absolute atomic E-state index is 0.334. The molecule has 98 valence electrons. The molecule has 2 rings (SSSR count). The van der Waals surface area contributed by atoms with E-state index in [1.807, 2.05) is 13.0 Å². The van der Waals surface area contributed by atoms with Crippen LogP contribution in [0.4, 0.5) is 11.4 Å². The third-order valence-corrected chi connectivity index (χ3v) is 3.65. The van der Waals surface area contributed by atoms with E-state index in [4.69, 9.17) is 10.5 Å². The van der Waals surface area contributed by atoms with Crippen LogP contribution in [0.25, 0.3) is 0 Å². The van der Waals surface area contributed by atoms with Crippen molar-refractivity contribution in [1.29, 1.82) is 0 Å². The van der Waals surface area contributed by atoms with Crippen molar-refractivity contribution in [2.45, 2.75) is 33.2 Å². The van der Waals surface area contributed by atoms with E-state index in [-0.39, 0.29) is 0 Å². The highest BCUT2D eigenvalue weighted by Gasteiger charge is 2.45. The van der Waals surface area contributed by atoms with Crippen molar-refractivity contribution in [1.82, 2.24) is 0 Å². The van der Waals surface area contributed by atoms with Gasteiger partial charge in [0.2, 0.25) is 0 Å². The number of benzene rings is 1. The summed E-state index contributed by atoms with van der Waals surface area (Å²) in [5.41, 5.74) is 8.97. The van der Waals surface area contributed by atoms with Crippen molar-refractivity contribution in [3.05, 3.63) is 23.3 Å². The number of carbonyl (C=O) groups excluding carboxylic acids is 1. The lowest BCUT2D eigenvalue weighted by Crippen LogP contribution is -2.12. The number of aryl methyl sites for hydroxylation is 1. The minimum Gasteiger partial charge on any atom is -0.465 e. The molecular weight excluding hydrogens is 228 g/mol. The first kappa shape index (κ1) is 12.7. The fourth-order valence-electron chi connectivity index (χ4n) is 2.08. The number of esters is 1. The molecule has 18 heavy (non-hydrogen) atoms. The highest BCUT2D eigenvalue weighted by atomic mass is 16.5. The highest BCUT2D eigenvalue weighted by molar-refractivity contribution is 5.97. The summed E-state index contributed by atoms with van der Waals surface area (Å²) < 4.78 is 4.74. The lowest BCUT2D eigenvalue weighted by molar-refractivity contribution is 0.0602. The van der Waals surface area contributed by atoms with Gasteiger partial charge in [-0.3, -0.25) is 0 Å². The fourth-order valence-corrected chi connectivity index (χ4v) is 2.08. The van der Waals surface area contributed by atoms with Crippen molar-refractivity contribution in [3.63, 3.8) is 0 Å². The van der Waals surface area contributed by atoms with Crippen LogP contribution in [0.3, 0.4) is 0 Å². The Hall–Kier alpha value is -1.71. The van der Waals surface area contributed by atoms with Crippen molar-refractivity contribution in [3.8, 4) is 0 Å². The molecule has 0 aromatic heterocycles. The monoisotopic (exact) mass is 248 g/mol. The number of anilines is 2. The lowest BCUT2D eigenvalue weighted by Gasteiger charge is -2.13. The Morgan fingerprint density at radius 3 is 2.61 bits per heavy atom. The maximum absolute atomic E-state index is 11.6. The Bertz CT molecular complexity index is 495. The topological polar surface area (TPSA) is 64.3 Å². The van der Waals surface area contributed by atoms with Crippen LogP contribution in [-0.2, 0) is 4.74 Å². The van der Waals surface area contributed by atoms with Crippen molar-refractivity contribution in [2.75, 3.05) is 18.2 Å². The standard InChI is InChI=1S/C14H20N2O2/c1-8-5-9(16-11-7-14(11,2)3)6-10(12(8)15)13(17)18-4/h5-6,11,16H,7,15H2,1-4H3. The molecule has 3 N–H and O–H groups in total. The molecule has 1 atom stereocenters. The summed E-state index contributed by atoms with van der Waals surface area (Å²) in [5, 5.41) is 3.43. The molecule has 1 saturated carbocycles. The quantitative estimate of drug-likeness (QED) is 0.637. The molecule has 1 aliphatic rings. The van der Waals surface area contributed by atoms with Crippen LogP contribution in [0.5, 0.6) is 0 Å². The first-order valence-electron chi connectivity index (χ1n) is 6.10. The summed E-state index contributed by atoms with van der Waals surface area (Å²) in [7, 11) is 1.36. The van der Waals surface area contributed by atoms with Crippen LogP contribution in [0.15, 0.2) is 12.1 Å². The third kappa shape index (κ3) is 2.28. The molecule has 0 radical (unpaired) electrons. The average molecular weight is 248 g/mol. The zero-order chi connectivity index (χ0) is 13.5. The molecular formula is C14H20N2O2. The number of hydrogen-bond donors (Lipinski definition) is 2. The number of carbonyl (C=O) groups is 1. The van der Waals surface area contributed by atoms with Gasteiger partial charge in [0.05, 0.1) is 12.7 Å². The van der Waals surface area contributed by atoms with Crippen LogP contribution in [0.1, 0.15) is 36.2 Å². The molecule has 1 unspecified atom stereocenters. The Morgan fingerprint density at radius 2 is 2.11 bits per heavy atom. The van der Waals surface area contributed by atoms with Gasteiger partial charge in [-0.15, -0.1) is 0 Å². The number of methoxy groups -OCH3 is 1. The Labute approximate surface area is 108 Å². The summed E-state index contributed by atoms with van der Waals surface area (Å²) >= 11 is 0. The maximum Gasteiger partial charge on any atom is 0.340 e. The van der Waals surface area contributed by atoms with E-state index >= 15 is 0 Å². The van der Waals surface area contributed by atoms with Gasteiger partial charge in [-0.25, -0.2) is 4.79 Å². The third-order valence-electron chi connectivity index (χ3n) is 3.65. The van der Waals surface area contributed by atoms with Gasteiger partial charge in [0.25, 0.3) is 0 Å². The van der Waals surface area contributed by atoms with Crippen molar-refractivity contribution >= 4 is 17.3 Å². The number of rotatable bonds is 3. The van der Waals surface area contributed by atoms with Crippen LogP contribution in [0, 0.1) is 12.3 Å². The van der Waals surface area contributed by atoms with Crippen molar-refractivity contribution < 1.29 is 9.53 Å². The van der Waals surface area contributed by atoms with Gasteiger partial charge < -0.3 is 15.8 Å². The molecule has 4 heteroatoms. The summed E-state index contributed by atoms with van der Waals surface area (Å²) in [5.74, 6) is -0.394. The van der Waals surface area contributed by atoms with Gasteiger partial charge in [-0.1, -0.05) is 13.8 Å². The molecule has 0 saturated heterocycles. The van der Waals surface area contributed by atoms with E-state index in [0.29, 0.717) is 22.7 Å². The molecule has 0 spiro atoms. The van der Waals surface area contributed by atoms with E-state index < -0.39 is 5.97 Å². The Balaban J connectivity index is 2.27. The first-order chi connectivity index (χ1) is 8.35. The van der Waals surface area contributed by atoms with Crippen LogP contribution >= 0.6 is 0 Å². The lowest BCUT2D eigenvalue weighted by atomic mass is 10.1. The van der Waals surface area contributed by atoms with E-state index in [1.165, 1.54) is 7.11 Å². The van der Waals surface area contributed by atoms with Gasteiger partial charge in [0.15, 0.2) is 0 Å². The normalized spacial score (nSPS) is 20.3. The SMILES string of the molecule is COC(=O)c1cc(NC2CC2(C)C)cc(C)c1N. The second-order valence-electron chi connectivity index (χ2n) is 5.64. The summed E-state index contributed by atoms with van der Waals surface area (Å²) in [6.07, 6.45) is 1.14. The minimum atomic E-state index is -0.394. The number of nitrogen functional groups attached to an aromatic ring is 1. The highest BCUT2D eigenvalue weighted by Crippen LogP contribution is 2.46. The van der Waals surface area contributed by atoms with Crippen molar-refractivity contribution in [2.24, 2.45) is 5.41 Å². The van der Waals surface area contributed by atoms with Gasteiger partial charge in [-0.2, -0.15) is 0 Å². The number of hydrogen-bond acceptors (Lipinski definition) is 4. The van der Waals surface area contributed by atoms with E-state index in [1.54, 1.807) is 6.07 Å². The van der Waals surface area contributed by atoms with E-state index in [9.17, 15) is 4.79 Å². The molecule has 1 fully saturated rings. The second-order valence-corrected chi connectivity index (χ2v) is 5.64. The van der Waals surface area contributed by atoms with Crippen LogP contribution in [0.2, 0.25) is 0 Å².